The zero-order valence-electron chi connectivity index (χ0n) is 16.3. The van der Waals surface area contributed by atoms with Crippen molar-refractivity contribution in [3.63, 3.8) is 0 Å². The minimum Gasteiger partial charge on any atom is -0.481 e. The predicted molar refractivity (Wildman–Crippen MR) is 117 cm³/mol. The predicted octanol–water partition coefficient (Wildman–Crippen LogP) is 4.67. The van der Waals surface area contributed by atoms with Crippen LogP contribution in [-0.4, -0.2) is 32.8 Å². The summed E-state index contributed by atoms with van der Waals surface area (Å²) in [4.78, 5) is 21.7. The largest absolute Gasteiger partial charge is 0.481 e. The Hall–Kier alpha value is -3.23. The molecule has 0 unspecified atom stereocenters. The lowest BCUT2D eigenvalue weighted by molar-refractivity contribution is 0.102. The monoisotopic (exact) mass is 439 g/mol. The van der Waals surface area contributed by atoms with Gasteiger partial charge >= 0.3 is 0 Å². The molecule has 4 rings (SSSR count). The zero-order chi connectivity index (χ0) is 21.1. The molecule has 0 fully saturated rings. The van der Waals surface area contributed by atoms with Gasteiger partial charge < -0.3 is 4.74 Å². The van der Waals surface area contributed by atoms with Crippen molar-refractivity contribution in [2.24, 2.45) is 0 Å². The number of hydrogen-bond donors (Lipinski definition) is 1. The van der Waals surface area contributed by atoms with Gasteiger partial charge in [0.1, 0.15) is 10.8 Å². The normalized spacial score (nSPS) is 10.8. The van der Waals surface area contributed by atoms with Crippen LogP contribution in [0.25, 0.3) is 11.4 Å². The second kappa shape index (κ2) is 8.64. The summed E-state index contributed by atoms with van der Waals surface area (Å²) < 4.78 is 6.77. The van der Waals surface area contributed by atoms with Gasteiger partial charge in [-0.25, -0.2) is 14.6 Å². The van der Waals surface area contributed by atoms with E-state index in [1.165, 1.54) is 11.3 Å². The molecular formula is C21H18ClN5O2S. The van der Waals surface area contributed by atoms with Gasteiger partial charge in [-0.1, -0.05) is 48.0 Å². The quantitative estimate of drug-likeness (QED) is 0.472. The van der Waals surface area contributed by atoms with E-state index in [2.05, 4.69) is 20.4 Å². The second-order valence-electron chi connectivity index (χ2n) is 6.45. The fourth-order valence-electron chi connectivity index (χ4n) is 2.95. The van der Waals surface area contributed by atoms with E-state index in [9.17, 15) is 4.79 Å². The van der Waals surface area contributed by atoms with Gasteiger partial charge in [-0.2, -0.15) is 5.10 Å². The molecule has 1 amide bonds. The number of carbonyl (C=O) groups excluding carboxylic acids is 1. The summed E-state index contributed by atoms with van der Waals surface area (Å²) >= 11 is 7.78. The van der Waals surface area contributed by atoms with E-state index in [0.29, 0.717) is 45.4 Å². The highest BCUT2D eigenvalue weighted by Gasteiger charge is 2.21. The summed E-state index contributed by atoms with van der Waals surface area (Å²) in [5, 5.41) is 9.80. The van der Waals surface area contributed by atoms with E-state index in [0.717, 1.165) is 5.56 Å². The minimum atomic E-state index is -0.351. The molecule has 7 nitrogen and oxygen atoms in total. The van der Waals surface area contributed by atoms with Crippen molar-refractivity contribution in [2.75, 3.05) is 12.4 Å². The van der Waals surface area contributed by atoms with Crippen LogP contribution in [0.2, 0.25) is 5.15 Å². The first-order chi connectivity index (χ1) is 14.5. The van der Waals surface area contributed by atoms with Gasteiger partial charge in [-0.05, 0) is 18.6 Å². The number of nitrogens with one attached hydrogen (secondary N) is 1. The smallest absolute Gasteiger partial charge is 0.262 e. The third-order valence-corrected chi connectivity index (χ3v) is 5.53. The number of hydrogen-bond acceptors (Lipinski definition) is 6. The van der Waals surface area contributed by atoms with Crippen LogP contribution < -0.4 is 10.1 Å². The third-order valence-electron chi connectivity index (χ3n) is 4.39. The number of thiazole rings is 1. The minimum absolute atomic E-state index is 0.292. The molecular weight excluding hydrogens is 422 g/mol. The Kier molecular flexibility index (Phi) is 5.78. The fourth-order valence-corrected chi connectivity index (χ4v) is 3.97. The Morgan fingerprint density at radius 1 is 1.13 bits per heavy atom. The Bertz CT molecular complexity index is 1190. The van der Waals surface area contributed by atoms with Crippen molar-refractivity contribution in [1.82, 2.24) is 19.7 Å². The number of benzene rings is 1. The molecule has 3 aromatic heterocycles. The molecule has 1 N–H and O–H groups in total. The lowest BCUT2D eigenvalue weighted by atomic mass is 10.2. The molecule has 30 heavy (non-hydrogen) atoms. The maximum absolute atomic E-state index is 12.8. The molecule has 0 saturated carbocycles. The van der Waals surface area contributed by atoms with Crippen LogP contribution in [0, 0.1) is 6.92 Å². The Morgan fingerprint density at radius 2 is 1.93 bits per heavy atom. The molecule has 9 heteroatoms. The molecule has 3 heterocycles. The average Bonchev–Trinajstić information content (AvgIpc) is 3.33. The van der Waals surface area contributed by atoms with Crippen molar-refractivity contribution >= 4 is 34.0 Å². The number of nitrogens with zero attached hydrogens (tertiary/aromatic N) is 4. The molecule has 0 atom stereocenters. The van der Waals surface area contributed by atoms with Gasteiger partial charge in [0.15, 0.2) is 5.13 Å². The molecule has 4 aromatic rings. The van der Waals surface area contributed by atoms with Gasteiger partial charge in [-0.15, -0.1) is 11.3 Å². The van der Waals surface area contributed by atoms with Gasteiger partial charge in [0.25, 0.3) is 5.91 Å². The molecule has 0 aliphatic rings. The first kappa shape index (κ1) is 20.1. The van der Waals surface area contributed by atoms with Gasteiger partial charge in [0.05, 0.1) is 30.6 Å². The topological polar surface area (TPSA) is 81.9 Å². The maximum atomic E-state index is 12.8. The number of pyridine rings is 1. The summed E-state index contributed by atoms with van der Waals surface area (Å²) in [5.74, 6) is 0.149. The van der Waals surface area contributed by atoms with E-state index in [1.807, 2.05) is 47.8 Å². The zero-order valence-corrected chi connectivity index (χ0v) is 17.9. The van der Waals surface area contributed by atoms with Crippen molar-refractivity contribution < 1.29 is 9.53 Å². The van der Waals surface area contributed by atoms with Crippen molar-refractivity contribution in [2.45, 2.75) is 13.5 Å². The summed E-state index contributed by atoms with van der Waals surface area (Å²) in [6, 6.07) is 15.2. The Morgan fingerprint density at radius 3 is 2.70 bits per heavy atom. The van der Waals surface area contributed by atoms with Gasteiger partial charge in [0, 0.05) is 11.4 Å². The van der Waals surface area contributed by atoms with Crippen molar-refractivity contribution in [3.8, 4) is 17.3 Å². The highest BCUT2D eigenvalue weighted by molar-refractivity contribution is 7.14. The summed E-state index contributed by atoms with van der Waals surface area (Å²) in [7, 11) is 1.56. The number of methoxy groups -OCH3 is 1. The van der Waals surface area contributed by atoms with E-state index in [-0.39, 0.29) is 5.91 Å². The molecule has 0 aliphatic heterocycles. The average molecular weight is 440 g/mol. The number of halogens is 1. The molecule has 0 spiro atoms. The fraction of sp³-hybridized carbons (Fsp3) is 0.143. The van der Waals surface area contributed by atoms with Gasteiger partial charge in [0.2, 0.25) is 5.88 Å². The van der Waals surface area contributed by atoms with Crippen LogP contribution in [0.4, 0.5) is 5.13 Å². The maximum Gasteiger partial charge on any atom is 0.262 e. The van der Waals surface area contributed by atoms with Crippen LogP contribution in [0.1, 0.15) is 21.6 Å². The molecule has 0 saturated heterocycles. The van der Waals surface area contributed by atoms with Crippen LogP contribution in [0.3, 0.4) is 0 Å². The number of aryl methyl sites for hydroxylation is 1. The number of ether oxygens (including phenoxy) is 1. The molecule has 152 valence electrons. The summed E-state index contributed by atoms with van der Waals surface area (Å²) in [5.41, 5.74) is 3.25. The lowest BCUT2D eigenvalue weighted by Crippen LogP contribution is -2.13. The number of anilines is 1. The van der Waals surface area contributed by atoms with Gasteiger partial charge in [-0.3, -0.25) is 10.1 Å². The van der Waals surface area contributed by atoms with E-state index in [4.69, 9.17) is 16.3 Å². The molecule has 0 bridgehead atoms. The number of amides is 1. The lowest BCUT2D eigenvalue weighted by Gasteiger charge is -2.04. The summed E-state index contributed by atoms with van der Waals surface area (Å²) in [6.07, 6.45) is 0. The number of carbonyl (C=O) groups is 1. The first-order valence-corrected chi connectivity index (χ1v) is 10.4. The molecule has 0 aliphatic carbocycles. The highest BCUT2D eigenvalue weighted by atomic mass is 35.5. The number of aromatic nitrogens is 4. The van der Waals surface area contributed by atoms with Crippen LogP contribution in [0.15, 0.2) is 53.9 Å². The SMILES string of the molecule is COc1cccc(-c2csc(NC(=O)c3c(C)nn(Cc4ccccc4)c3Cl)n2)n1. The van der Waals surface area contributed by atoms with Crippen molar-refractivity contribution in [1.29, 1.82) is 0 Å². The van der Waals surface area contributed by atoms with E-state index < -0.39 is 0 Å². The Labute approximate surface area is 182 Å². The van der Waals surface area contributed by atoms with Crippen molar-refractivity contribution in [3.05, 3.63) is 75.9 Å². The summed E-state index contributed by atoms with van der Waals surface area (Å²) in [6.45, 7) is 2.24. The molecule has 0 radical (unpaired) electrons. The Balaban J connectivity index is 1.52. The number of rotatable bonds is 6. The third kappa shape index (κ3) is 4.19. The van der Waals surface area contributed by atoms with Crippen LogP contribution in [0.5, 0.6) is 5.88 Å². The molecule has 1 aromatic carbocycles. The van der Waals surface area contributed by atoms with Crippen LogP contribution >= 0.6 is 22.9 Å². The standard InChI is InChI=1S/C21H18ClN5O2S/c1-13-18(19(22)27(26-13)11-14-7-4-3-5-8-14)20(28)25-21-24-16(12-30-21)15-9-6-10-17(23-15)29-2/h3-10,12H,11H2,1-2H3,(H,24,25,28). The second-order valence-corrected chi connectivity index (χ2v) is 7.67. The first-order valence-electron chi connectivity index (χ1n) is 9.10. The highest BCUT2D eigenvalue weighted by Crippen LogP contribution is 2.27. The van der Waals surface area contributed by atoms with Crippen LogP contribution in [-0.2, 0) is 6.54 Å². The van der Waals surface area contributed by atoms with E-state index in [1.54, 1.807) is 24.8 Å². The van der Waals surface area contributed by atoms with E-state index >= 15 is 0 Å².